The van der Waals surface area contributed by atoms with Gasteiger partial charge < -0.3 is 19.7 Å². The van der Waals surface area contributed by atoms with Crippen molar-refractivity contribution in [3.05, 3.63) is 120 Å². The van der Waals surface area contributed by atoms with Crippen molar-refractivity contribution in [2.24, 2.45) is 0 Å². The maximum atomic E-state index is 14.5. The highest BCUT2D eigenvalue weighted by Gasteiger charge is 2.36. The van der Waals surface area contributed by atoms with E-state index in [1.165, 1.54) is 61.6 Å². The summed E-state index contributed by atoms with van der Waals surface area (Å²) in [5, 5.41) is 2.91. The Kier molecular flexibility index (Phi) is 11.4. The van der Waals surface area contributed by atoms with Crippen molar-refractivity contribution in [2.45, 2.75) is 43.8 Å². The second-order valence-electron chi connectivity index (χ2n) is 10.9. The average Bonchev–Trinajstić information content (AvgIpc) is 3.06. The van der Waals surface area contributed by atoms with Gasteiger partial charge in [0.2, 0.25) is 11.8 Å². The third-order valence-electron chi connectivity index (χ3n) is 7.23. The summed E-state index contributed by atoms with van der Waals surface area (Å²) in [4.78, 5) is 29.6. The molecule has 0 aliphatic rings. The van der Waals surface area contributed by atoms with Gasteiger partial charge in [0.15, 0.2) is 0 Å². The second-order valence-corrected chi connectivity index (χ2v) is 12.7. The lowest BCUT2D eigenvalue weighted by atomic mass is 10.0. The Morgan fingerprint density at radius 2 is 1.46 bits per heavy atom. The topological polar surface area (TPSA) is 105 Å². The van der Waals surface area contributed by atoms with Crippen molar-refractivity contribution in [1.29, 1.82) is 0 Å². The average molecular weight is 648 g/mol. The van der Waals surface area contributed by atoms with Crippen LogP contribution in [0, 0.1) is 5.82 Å². The molecule has 1 atom stereocenters. The van der Waals surface area contributed by atoms with Crippen LogP contribution in [0.1, 0.15) is 25.0 Å². The number of ether oxygens (including phenoxy) is 2. The van der Waals surface area contributed by atoms with E-state index in [1.54, 1.807) is 30.3 Å². The van der Waals surface area contributed by atoms with E-state index in [-0.39, 0.29) is 35.3 Å². The summed E-state index contributed by atoms with van der Waals surface area (Å²) in [5.74, 6) is -0.987. The van der Waals surface area contributed by atoms with Crippen molar-refractivity contribution in [3.8, 4) is 11.5 Å². The van der Waals surface area contributed by atoms with Crippen LogP contribution in [0.5, 0.6) is 11.5 Å². The smallest absolute Gasteiger partial charge is 0.264 e. The van der Waals surface area contributed by atoms with E-state index in [1.807, 2.05) is 44.2 Å². The summed E-state index contributed by atoms with van der Waals surface area (Å²) < 4.78 is 54.2. The second kappa shape index (κ2) is 15.4. The fraction of sp³-hybridized carbons (Fsp3) is 0.257. The fourth-order valence-electron chi connectivity index (χ4n) is 4.95. The number of hydrogen-bond acceptors (Lipinski definition) is 6. The molecule has 1 N–H and O–H groups in total. The molecule has 4 rings (SSSR count). The van der Waals surface area contributed by atoms with Crippen LogP contribution in [0.15, 0.2) is 108 Å². The minimum Gasteiger partial charge on any atom is -0.497 e. The predicted molar refractivity (Wildman–Crippen MR) is 175 cm³/mol. The SMILES string of the molecule is COc1ccc(OC)c(N(CC(=O)N(Cc2ccc(F)cc2)[C@H](Cc2ccccc2)C(=O)NC(C)C)S(=O)(=O)c2ccccc2)c1. The van der Waals surface area contributed by atoms with Gasteiger partial charge in [-0.1, -0.05) is 60.7 Å². The highest BCUT2D eigenvalue weighted by Crippen LogP contribution is 2.36. The lowest BCUT2D eigenvalue weighted by molar-refractivity contribution is -0.140. The van der Waals surface area contributed by atoms with Crippen LogP contribution in [0.4, 0.5) is 10.1 Å². The molecule has 46 heavy (non-hydrogen) atoms. The molecule has 0 radical (unpaired) electrons. The molecule has 11 heteroatoms. The Balaban J connectivity index is 1.86. The van der Waals surface area contributed by atoms with Gasteiger partial charge in [-0.3, -0.25) is 13.9 Å². The zero-order chi connectivity index (χ0) is 33.3. The van der Waals surface area contributed by atoms with Crippen LogP contribution in [-0.4, -0.2) is 58.0 Å². The van der Waals surface area contributed by atoms with E-state index in [0.29, 0.717) is 11.3 Å². The maximum Gasteiger partial charge on any atom is 0.264 e. The molecule has 0 spiro atoms. The molecule has 0 aromatic heterocycles. The van der Waals surface area contributed by atoms with Gasteiger partial charge in [-0.25, -0.2) is 12.8 Å². The molecule has 0 saturated heterocycles. The van der Waals surface area contributed by atoms with E-state index in [4.69, 9.17) is 9.47 Å². The minimum atomic E-state index is -4.34. The van der Waals surface area contributed by atoms with Crippen LogP contribution in [0.3, 0.4) is 0 Å². The lowest BCUT2D eigenvalue weighted by Crippen LogP contribution is -2.54. The standard InChI is InChI=1S/C35H38FN3O6S/c1-25(2)37-35(41)32(21-26-11-7-5-8-12-26)38(23-27-15-17-28(36)18-16-27)34(40)24-39(46(42,43)30-13-9-6-10-14-30)31-22-29(44-3)19-20-33(31)45-4/h5-20,22,25,32H,21,23-24H2,1-4H3,(H,37,41)/t32-/m1/s1. The van der Waals surface area contributed by atoms with Gasteiger partial charge in [-0.2, -0.15) is 0 Å². The van der Waals surface area contributed by atoms with Crippen molar-refractivity contribution in [3.63, 3.8) is 0 Å². The summed E-state index contributed by atoms with van der Waals surface area (Å²) in [5.41, 5.74) is 1.43. The normalized spacial score (nSPS) is 11.9. The van der Waals surface area contributed by atoms with E-state index < -0.39 is 40.2 Å². The van der Waals surface area contributed by atoms with Gasteiger partial charge in [0.1, 0.15) is 29.9 Å². The minimum absolute atomic E-state index is 0.0452. The van der Waals surface area contributed by atoms with Crippen molar-refractivity contribution in [2.75, 3.05) is 25.1 Å². The molecule has 0 bridgehead atoms. The van der Waals surface area contributed by atoms with Crippen LogP contribution in [0.2, 0.25) is 0 Å². The molecule has 0 aliphatic heterocycles. The Labute approximate surface area is 269 Å². The monoisotopic (exact) mass is 647 g/mol. The third kappa shape index (κ3) is 8.42. The third-order valence-corrected chi connectivity index (χ3v) is 9.01. The summed E-state index contributed by atoms with van der Waals surface area (Å²) >= 11 is 0. The summed E-state index contributed by atoms with van der Waals surface area (Å²) in [7, 11) is -1.50. The number of sulfonamides is 1. The molecule has 0 heterocycles. The van der Waals surface area contributed by atoms with E-state index in [0.717, 1.165) is 9.87 Å². The molecular formula is C35H38FN3O6S. The van der Waals surface area contributed by atoms with Gasteiger partial charge >= 0.3 is 0 Å². The van der Waals surface area contributed by atoms with Crippen molar-refractivity contribution < 1.29 is 31.9 Å². The number of anilines is 1. The largest absolute Gasteiger partial charge is 0.497 e. The molecule has 0 unspecified atom stereocenters. The number of carbonyl (C=O) groups excluding carboxylic acids is 2. The zero-order valence-electron chi connectivity index (χ0n) is 26.2. The molecule has 242 valence electrons. The number of methoxy groups -OCH3 is 2. The van der Waals surface area contributed by atoms with Crippen LogP contribution in [0.25, 0.3) is 0 Å². The highest BCUT2D eigenvalue weighted by molar-refractivity contribution is 7.92. The van der Waals surface area contributed by atoms with Crippen molar-refractivity contribution in [1.82, 2.24) is 10.2 Å². The van der Waals surface area contributed by atoms with E-state index >= 15 is 0 Å². The lowest BCUT2D eigenvalue weighted by Gasteiger charge is -2.34. The maximum absolute atomic E-state index is 14.5. The van der Waals surface area contributed by atoms with E-state index in [2.05, 4.69) is 5.32 Å². The number of nitrogens with zero attached hydrogens (tertiary/aromatic N) is 2. The van der Waals surface area contributed by atoms with Gasteiger partial charge in [-0.05, 0) is 61.4 Å². The number of amides is 2. The molecular weight excluding hydrogens is 609 g/mol. The number of nitrogens with one attached hydrogen (secondary N) is 1. The predicted octanol–water partition coefficient (Wildman–Crippen LogP) is 5.20. The van der Waals surface area contributed by atoms with Gasteiger partial charge in [0.25, 0.3) is 10.0 Å². The first-order valence-electron chi connectivity index (χ1n) is 14.7. The van der Waals surface area contributed by atoms with Gasteiger partial charge in [0, 0.05) is 25.1 Å². The Morgan fingerprint density at radius 1 is 0.826 bits per heavy atom. The molecule has 0 aliphatic carbocycles. The highest BCUT2D eigenvalue weighted by atomic mass is 32.2. The molecule has 0 saturated carbocycles. The summed E-state index contributed by atoms with van der Waals surface area (Å²) in [6.45, 7) is 2.86. The Morgan fingerprint density at radius 3 is 2.04 bits per heavy atom. The first-order valence-corrected chi connectivity index (χ1v) is 16.2. The van der Waals surface area contributed by atoms with E-state index in [9.17, 15) is 22.4 Å². The number of halogens is 1. The van der Waals surface area contributed by atoms with Gasteiger partial charge in [0.05, 0.1) is 24.8 Å². The molecule has 4 aromatic carbocycles. The summed E-state index contributed by atoms with van der Waals surface area (Å²) in [6.07, 6.45) is 0.153. The van der Waals surface area contributed by atoms with Crippen LogP contribution in [-0.2, 0) is 32.6 Å². The quantitative estimate of drug-likeness (QED) is 0.202. The number of hydrogen-bond donors (Lipinski definition) is 1. The number of benzene rings is 4. The fourth-order valence-corrected chi connectivity index (χ4v) is 6.38. The first-order chi connectivity index (χ1) is 22.0. The van der Waals surface area contributed by atoms with Crippen LogP contribution < -0.4 is 19.1 Å². The zero-order valence-corrected chi connectivity index (χ0v) is 27.0. The van der Waals surface area contributed by atoms with Gasteiger partial charge in [-0.15, -0.1) is 0 Å². The van der Waals surface area contributed by atoms with Crippen LogP contribution >= 0.6 is 0 Å². The molecule has 9 nitrogen and oxygen atoms in total. The Hall–Kier alpha value is -4.90. The first kappa shape index (κ1) is 34.0. The van der Waals surface area contributed by atoms with Crippen molar-refractivity contribution >= 4 is 27.5 Å². The summed E-state index contributed by atoms with van der Waals surface area (Å²) in [6, 6.07) is 25.9. The molecule has 0 fully saturated rings. The molecule has 2 amide bonds. The Bertz CT molecular complexity index is 1720. The number of carbonyl (C=O) groups is 2. The number of rotatable bonds is 14. The molecule has 4 aromatic rings.